The molecule has 0 atom stereocenters. The average Bonchev–Trinajstić information content (AvgIpc) is 2.36. The Morgan fingerprint density at radius 1 is 1.29 bits per heavy atom. The molecule has 0 aromatic heterocycles. The minimum absolute atomic E-state index is 0.620. The summed E-state index contributed by atoms with van der Waals surface area (Å²) in [6, 6.07) is 0.620. The van der Waals surface area contributed by atoms with Crippen LogP contribution in [0.25, 0.3) is 0 Å². The van der Waals surface area contributed by atoms with Crippen molar-refractivity contribution in [3.8, 4) is 12.3 Å². The maximum Gasteiger partial charge on any atom is 0.0700 e. The summed E-state index contributed by atoms with van der Waals surface area (Å²) in [4.78, 5) is 2.33. The molecule has 0 bridgehead atoms. The maximum absolute atomic E-state index is 5.40. The van der Waals surface area contributed by atoms with Crippen molar-refractivity contribution in [2.45, 2.75) is 18.9 Å². The SMILES string of the molecule is C#CCN1CCC(NCCOCCOC)CC1. The van der Waals surface area contributed by atoms with Gasteiger partial charge in [-0.2, -0.15) is 0 Å². The van der Waals surface area contributed by atoms with Crippen LogP contribution in [0.15, 0.2) is 0 Å². The molecule has 98 valence electrons. The first-order valence-electron chi connectivity index (χ1n) is 6.32. The van der Waals surface area contributed by atoms with Crippen LogP contribution in [-0.4, -0.2) is 64.1 Å². The predicted octanol–water partition coefficient (Wildman–Crippen LogP) is 0.337. The van der Waals surface area contributed by atoms with Gasteiger partial charge in [0.25, 0.3) is 0 Å². The number of likely N-dealkylation sites (tertiary alicyclic amines) is 1. The zero-order valence-corrected chi connectivity index (χ0v) is 10.8. The van der Waals surface area contributed by atoms with Crippen LogP contribution >= 0.6 is 0 Å². The Bertz CT molecular complexity index is 220. The molecule has 1 saturated heterocycles. The van der Waals surface area contributed by atoms with Crippen molar-refractivity contribution in [1.29, 1.82) is 0 Å². The number of nitrogens with zero attached hydrogens (tertiary/aromatic N) is 1. The molecule has 0 aromatic carbocycles. The first-order valence-corrected chi connectivity index (χ1v) is 6.32. The van der Waals surface area contributed by atoms with Crippen molar-refractivity contribution in [2.75, 3.05) is 53.1 Å². The van der Waals surface area contributed by atoms with Gasteiger partial charge in [0, 0.05) is 32.8 Å². The third-order valence-corrected chi connectivity index (χ3v) is 3.01. The van der Waals surface area contributed by atoms with Gasteiger partial charge in [-0.05, 0) is 12.8 Å². The highest BCUT2D eigenvalue weighted by Crippen LogP contribution is 2.09. The standard InChI is InChI=1S/C13H24N2O2/c1-3-7-15-8-4-13(5-9-15)14-6-10-17-12-11-16-2/h1,13-14H,4-12H2,2H3. The van der Waals surface area contributed by atoms with E-state index in [0.29, 0.717) is 19.3 Å². The van der Waals surface area contributed by atoms with Crippen LogP contribution in [0.3, 0.4) is 0 Å². The topological polar surface area (TPSA) is 33.7 Å². The van der Waals surface area contributed by atoms with Gasteiger partial charge in [0.2, 0.25) is 0 Å². The molecule has 0 amide bonds. The molecule has 1 aliphatic heterocycles. The fraction of sp³-hybridized carbons (Fsp3) is 0.846. The number of hydrogen-bond donors (Lipinski definition) is 1. The van der Waals surface area contributed by atoms with Gasteiger partial charge in [-0.1, -0.05) is 5.92 Å². The number of methoxy groups -OCH3 is 1. The summed E-state index contributed by atoms with van der Waals surface area (Å²) in [7, 11) is 1.69. The van der Waals surface area contributed by atoms with Crippen molar-refractivity contribution < 1.29 is 9.47 Å². The number of terminal acetylenes is 1. The van der Waals surface area contributed by atoms with Crippen LogP contribution < -0.4 is 5.32 Å². The first-order chi connectivity index (χ1) is 8.36. The quantitative estimate of drug-likeness (QED) is 0.490. The maximum atomic E-state index is 5.40. The van der Waals surface area contributed by atoms with Gasteiger partial charge in [0.15, 0.2) is 0 Å². The lowest BCUT2D eigenvalue weighted by Crippen LogP contribution is -2.43. The van der Waals surface area contributed by atoms with Crippen LogP contribution in [0.2, 0.25) is 0 Å². The second-order valence-electron chi connectivity index (χ2n) is 4.31. The van der Waals surface area contributed by atoms with Gasteiger partial charge >= 0.3 is 0 Å². The summed E-state index contributed by atoms with van der Waals surface area (Å²) in [6.07, 6.45) is 7.66. The Kier molecular flexibility index (Phi) is 8.02. The van der Waals surface area contributed by atoms with E-state index in [2.05, 4.69) is 16.1 Å². The highest BCUT2D eigenvalue weighted by atomic mass is 16.5. The van der Waals surface area contributed by atoms with Gasteiger partial charge in [-0.15, -0.1) is 6.42 Å². The lowest BCUT2D eigenvalue weighted by molar-refractivity contribution is 0.0699. The number of ether oxygens (including phenoxy) is 2. The van der Waals surface area contributed by atoms with E-state index in [1.165, 1.54) is 12.8 Å². The molecule has 1 N–H and O–H groups in total. The summed E-state index contributed by atoms with van der Waals surface area (Å²) in [6.45, 7) is 6.02. The van der Waals surface area contributed by atoms with Crippen molar-refractivity contribution in [2.24, 2.45) is 0 Å². The fourth-order valence-electron chi connectivity index (χ4n) is 2.00. The van der Waals surface area contributed by atoms with Crippen LogP contribution in [0.1, 0.15) is 12.8 Å². The Morgan fingerprint density at radius 2 is 2.06 bits per heavy atom. The van der Waals surface area contributed by atoms with E-state index in [1.54, 1.807) is 7.11 Å². The van der Waals surface area contributed by atoms with E-state index in [1.807, 2.05) is 0 Å². The van der Waals surface area contributed by atoms with Crippen LogP contribution in [-0.2, 0) is 9.47 Å². The molecule has 0 radical (unpaired) electrons. The van der Waals surface area contributed by atoms with E-state index >= 15 is 0 Å². The van der Waals surface area contributed by atoms with Crippen molar-refractivity contribution in [1.82, 2.24) is 10.2 Å². The summed E-state index contributed by atoms with van der Waals surface area (Å²) >= 11 is 0. The molecule has 0 aliphatic carbocycles. The summed E-state index contributed by atoms with van der Waals surface area (Å²) in [5, 5.41) is 3.52. The molecule has 1 aliphatic rings. The molecule has 4 heteroatoms. The highest BCUT2D eigenvalue weighted by Gasteiger charge is 2.17. The van der Waals surface area contributed by atoms with Gasteiger partial charge in [0.05, 0.1) is 26.4 Å². The van der Waals surface area contributed by atoms with E-state index in [9.17, 15) is 0 Å². The fourth-order valence-corrected chi connectivity index (χ4v) is 2.00. The Morgan fingerprint density at radius 3 is 2.71 bits per heavy atom. The van der Waals surface area contributed by atoms with Crippen molar-refractivity contribution in [3.05, 3.63) is 0 Å². The van der Waals surface area contributed by atoms with Crippen LogP contribution in [0, 0.1) is 12.3 Å². The zero-order valence-electron chi connectivity index (χ0n) is 10.8. The van der Waals surface area contributed by atoms with E-state index in [-0.39, 0.29) is 0 Å². The Hall–Kier alpha value is -0.600. The first kappa shape index (κ1) is 14.5. The van der Waals surface area contributed by atoms with E-state index < -0.39 is 0 Å². The zero-order chi connectivity index (χ0) is 12.3. The molecular weight excluding hydrogens is 216 g/mol. The second-order valence-corrected chi connectivity index (χ2v) is 4.31. The predicted molar refractivity (Wildman–Crippen MR) is 69.0 cm³/mol. The number of piperidine rings is 1. The molecule has 0 aromatic rings. The minimum Gasteiger partial charge on any atom is -0.382 e. The number of nitrogens with one attached hydrogen (secondary N) is 1. The normalized spacial score (nSPS) is 18.1. The summed E-state index contributed by atoms with van der Waals surface area (Å²) < 4.78 is 10.3. The van der Waals surface area contributed by atoms with Crippen LogP contribution in [0.5, 0.6) is 0 Å². The van der Waals surface area contributed by atoms with E-state index in [4.69, 9.17) is 15.9 Å². The largest absolute Gasteiger partial charge is 0.382 e. The third kappa shape index (κ3) is 6.64. The molecule has 0 spiro atoms. The molecule has 0 saturated carbocycles. The van der Waals surface area contributed by atoms with Gasteiger partial charge in [-0.25, -0.2) is 0 Å². The molecule has 4 nitrogen and oxygen atoms in total. The summed E-state index contributed by atoms with van der Waals surface area (Å²) in [5.74, 6) is 2.70. The van der Waals surface area contributed by atoms with Crippen LogP contribution in [0.4, 0.5) is 0 Å². The smallest absolute Gasteiger partial charge is 0.0700 e. The number of hydrogen-bond acceptors (Lipinski definition) is 4. The Balaban J connectivity index is 1.94. The summed E-state index contributed by atoms with van der Waals surface area (Å²) in [5.41, 5.74) is 0. The lowest BCUT2D eigenvalue weighted by Gasteiger charge is -2.31. The second kappa shape index (κ2) is 9.43. The molecular formula is C13H24N2O2. The van der Waals surface area contributed by atoms with Gasteiger partial charge in [-0.3, -0.25) is 4.90 Å². The molecule has 1 heterocycles. The average molecular weight is 240 g/mol. The highest BCUT2D eigenvalue weighted by molar-refractivity contribution is 4.90. The molecule has 1 rings (SSSR count). The monoisotopic (exact) mass is 240 g/mol. The van der Waals surface area contributed by atoms with Gasteiger partial charge in [0.1, 0.15) is 0 Å². The lowest BCUT2D eigenvalue weighted by atomic mass is 10.1. The van der Waals surface area contributed by atoms with Crippen molar-refractivity contribution >= 4 is 0 Å². The van der Waals surface area contributed by atoms with Crippen molar-refractivity contribution in [3.63, 3.8) is 0 Å². The van der Waals surface area contributed by atoms with Gasteiger partial charge < -0.3 is 14.8 Å². The Labute approximate surface area is 105 Å². The molecule has 17 heavy (non-hydrogen) atoms. The number of rotatable bonds is 8. The minimum atomic E-state index is 0.620. The van der Waals surface area contributed by atoms with E-state index in [0.717, 1.165) is 32.8 Å². The molecule has 1 fully saturated rings. The molecule has 0 unspecified atom stereocenters. The third-order valence-electron chi connectivity index (χ3n) is 3.01.